The third-order valence-corrected chi connectivity index (χ3v) is 4.58. The minimum absolute atomic E-state index is 0.431. The van der Waals surface area contributed by atoms with Crippen LogP contribution in [0.4, 0.5) is 0 Å². The third kappa shape index (κ3) is 4.48. The van der Waals surface area contributed by atoms with Crippen LogP contribution in [0.15, 0.2) is 24.3 Å². The van der Waals surface area contributed by atoms with Crippen LogP contribution in [-0.2, 0) is 0 Å². The summed E-state index contributed by atoms with van der Waals surface area (Å²) in [7, 11) is 2.21. The zero-order valence-electron chi connectivity index (χ0n) is 12.0. The van der Waals surface area contributed by atoms with Crippen molar-refractivity contribution in [2.24, 2.45) is 5.92 Å². The summed E-state index contributed by atoms with van der Waals surface area (Å²) in [5.74, 6) is 0.898. The normalized spacial score (nSPS) is 18.7. The molecule has 1 fully saturated rings. The van der Waals surface area contributed by atoms with Gasteiger partial charge in [0.15, 0.2) is 0 Å². The summed E-state index contributed by atoms with van der Waals surface area (Å²) in [5, 5.41) is 4.26. The number of hydrogen-bond acceptors (Lipinski definition) is 2. The molecule has 1 N–H and O–H groups in total. The van der Waals surface area contributed by atoms with Gasteiger partial charge < -0.3 is 5.32 Å². The van der Waals surface area contributed by atoms with E-state index in [0.29, 0.717) is 6.04 Å². The van der Waals surface area contributed by atoms with E-state index in [1.54, 1.807) is 0 Å². The second kappa shape index (κ2) is 7.28. The Hall–Kier alpha value is -0.570. The molecule has 0 spiro atoms. The average molecular weight is 281 g/mol. The number of benzene rings is 1. The minimum atomic E-state index is 0.431. The summed E-state index contributed by atoms with van der Waals surface area (Å²) in [4.78, 5) is 2.44. The Morgan fingerprint density at radius 3 is 2.79 bits per heavy atom. The van der Waals surface area contributed by atoms with Gasteiger partial charge in [-0.1, -0.05) is 23.7 Å². The smallest absolute Gasteiger partial charge is 0.0409 e. The van der Waals surface area contributed by atoms with E-state index in [-0.39, 0.29) is 0 Å². The standard InChI is InChI=1S/C16H25ClN2/c1-13(15-4-3-5-16(17)12-15)19(2)11-8-14-6-9-18-10-7-14/h3-5,12-14,18H,6-11H2,1-2H3. The van der Waals surface area contributed by atoms with Gasteiger partial charge >= 0.3 is 0 Å². The summed E-state index contributed by atoms with van der Waals surface area (Å²) in [6, 6.07) is 8.65. The minimum Gasteiger partial charge on any atom is -0.317 e. The largest absolute Gasteiger partial charge is 0.317 e. The van der Waals surface area contributed by atoms with Gasteiger partial charge in [0.05, 0.1) is 0 Å². The third-order valence-electron chi connectivity index (χ3n) is 4.34. The summed E-state index contributed by atoms with van der Waals surface area (Å²) in [6.45, 7) is 5.81. The van der Waals surface area contributed by atoms with Crippen molar-refractivity contribution in [2.75, 3.05) is 26.7 Å². The molecule has 0 aliphatic carbocycles. The van der Waals surface area contributed by atoms with Crippen LogP contribution >= 0.6 is 11.6 Å². The number of halogens is 1. The van der Waals surface area contributed by atoms with Crippen LogP contribution in [0.3, 0.4) is 0 Å². The highest BCUT2D eigenvalue weighted by Crippen LogP contribution is 2.23. The Balaban J connectivity index is 1.83. The van der Waals surface area contributed by atoms with Gasteiger partial charge in [0.1, 0.15) is 0 Å². The van der Waals surface area contributed by atoms with Gasteiger partial charge in [-0.2, -0.15) is 0 Å². The SMILES string of the molecule is CC(c1cccc(Cl)c1)N(C)CCC1CCNCC1. The average Bonchev–Trinajstić information content (AvgIpc) is 2.45. The highest BCUT2D eigenvalue weighted by Gasteiger charge is 2.16. The Morgan fingerprint density at radius 1 is 1.37 bits per heavy atom. The van der Waals surface area contributed by atoms with Crippen LogP contribution in [0.25, 0.3) is 0 Å². The molecule has 2 rings (SSSR count). The highest BCUT2D eigenvalue weighted by molar-refractivity contribution is 6.30. The van der Waals surface area contributed by atoms with Crippen LogP contribution in [-0.4, -0.2) is 31.6 Å². The molecule has 1 aliphatic rings. The quantitative estimate of drug-likeness (QED) is 0.884. The van der Waals surface area contributed by atoms with Crippen molar-refractivity contribution < 1.29 is 0 Å². The number of piperidine rings is 1. The summed E-state index contributed by atoms with van der Waals surface area (Å²) in [5.41, 5.74) is 1.31. The number of nitrogens with one attached hydrogen (secondary N) is 1. The van der Waals surface area contributed by atoms with E-state index in [1.807, 2.05) is 12.1 Å². The lowest BCUT2D eigenvalue weighted by Gasteiger charge is -2.29. The summed E-state index contributed by atoms with van der Waals surface area (Å²) in [6.07, 6.45) is 3.97. The number of nitrogens with zero attached hydrogens (tertiary/aromatic N) is 1. The van der Waals surface area contributed by atoms with Crippen molar-refractivity contribution in [3.63, 3.8) is 0 Å². The molecule has 2 nitrogen and oxygen atoms in total. The summed E-state index contributed by atoms with van der Waals surface area (Å²) >= 11 is 6.07. The maximum absolute atomic E-state index is 6.07. The molecule has 106 valence electrons. The molecule has 19 heavy (non-hydrogen) atoms. The molecule has 1 aliphatic heterocycles. The zero-order chi connectivity index (χ0) is 13.7. The first-order valence-corrected chi connectivity index (χ1v) is 7.71. The molecule has 0 aromatic heterocycles. The molecule has 0 saturated carbocycles. The molecule has 1 saturated heterocycles. The van der Waals surface area contributed by atoms with E-state index in [0.717, 1.165) is 10.9 Å². The predicted molar refractivity (Wildman–Crippen MR) is 82.7 cm³/mol. The van der Waals surface area contributed by atoms with Crippen molar-refractivity contribution in [3.8, 4) is 0 Å². The molecule has 0 amide bonds. The molecule has 1 aromatic carbocycles. The Kier molecular flexibility index (Phi) is 5.68. The van der Waals surface area contributed by atoms with E-state index in [4.69, 9.17) is 11.6 Å². The van der Waals surface area contributed by atoms with Crippen LogP contribution in [0, 0.1) is 5.92 Å². The molecule has 1 heterocycles. The number of hydrogen-bond donors (Lipinski definition) is 1. The maximum Gasteiger partial charge on any atom is 0.0409 e. The molecular formula is C16H25ClN2. The molecule has 0 radical (unpaired) electrons. The van der Waals surface area contributed by atoms with Crippen LogP contribution < -0.4 is 5.32 Å². The van der Waals surface area contributed by atoms with Gasteiger partial charge in [-0.05, 0) is 76.5 Å². The van der Waals surface area contributed by atoms with Gasteiger partial charge in [-0.3, -0.25) is 4.90 Å². The first-order valence-electron chi connectivity index (χ1n) is 7.33. The first kappa shape index (κ1) is 14.8. The Morgan fingerprint density at radius 2 is 2.11 bits per heavy atom. The molecule has 0 bridgehead atoms. The lowest BCUT2D eigenvalue weighted by Crippen LogP contribution is -2.31. The number of rotatable bonds is 5. The van der Waals surface area contributed by atoms with Crippen molar-refractivity contribution >= 4 is 11.6 Å². The Bertz CT molecular complexity index is 388. The van der Waals surface area contributed by atoms with Crippen molar-refractivity contribution in [1.29, 1.82) is 0 Å². The van der Waals surface area contributed by atoms with Gasteiger partial charge in [0.25, 0.3) is 0 Å². The maximum atomic E-state index is 6.07. The monoisotopic (exact) mass is 280 g/mol. The van der Waals surface area contributed by atoms with Gasteiger partial charge in [-0.25, -0.2) is 0 Å². The van der Waals surface area contributed by atoms with Crippen LogP contribution in [0.5, 0.6) is 0 Å². The van der Waals surface area contributed by atoms with E-state index < -0.39 is 0 Å². The van der Waals surface area contributed by atoms with Crippen LogP contribution in [0.2, 0.25) is 5.02 Å². The fraction of sp³-hybridized carbons (Fsp3) is 0.625. The molecule has 1 atom stereocenters. The van der Waals surface area contributed by atoms with E-state index in [9.17, 15) is 0 Å². The van der Waals surface area contributed by atoms with Crippen molar-refractivity contribution in [2.45, 2.75) is 32.2 Å². The fourth-order valence-electron chi connectivity index (χ4n) is 2.77. The molecule has 1 unspecified atom stereocenters. The van der Waals surface area contributed by atoms with Crippen LogP contribution in [0.1, 0.15) is 37.8 Å². The Labute approximate surface area is 122 Å². The lowest BCUT2D eigenvalue weighted by molar-refractivity contribution is 0.226. The van der Waals surface area contributed by atoms with Crippen molar-refractivity contribution in [1.82, 2.24) is 10.2 Å². The van der Waals surface area contributed by atoms with E-state index >= 15 is 0 Å². The molecular weight excluding hydrogens is 256 g/mol. The van der Waals surface area contributed by atoms with Crippen molar-refractivity contribution in [3.05, 3.63) is 34.9 Å². The fourth-order valence-corrected chi connectivity index (χ4v) is 2.97. The predicted octanol–water partition coefficient (Wildman–Crippen LogP) is 3.72. The zero-order valence-corrected chi connectivity index (χ0v) is 12.8. The second-order valence-electron chi connectivity index (χ2n) is 5.69. The second-order valence-corrected chi connectivity index (χ2v) is 6.13. The van der Waals surface area contributed by atoms with Gasteiger partial charge in [0, 0.05) is 11.1 Å². The van der Waals surface area contributed by atoms with Gasteiger partial charge in [0.2, 0.25) is 0 Å². The molecule has 3 heteroatoms. The van der Waals surface area contributed by atoms with E-state index in [1.165, 1.54) is 44.5 Å². The summed E-state index contributed by atoms with van der Waals surface area (Å²) < 4.78 is 0. The van der Waals surface area contributed by atoms with E-state index in [2.05, 4.69) is 36.3 Å². The first-order chi connectivity index (χ1) is 9.16. The van der Waals surface area contributed by atoms with Gasteiger partial charge in [-0.15, -0.1) is 0 Å². The lowest BCUT2D eigenvalue weighted by atomic mass is 9.94. The molecule has 1 aromatic rings. The topological polar surface area (TPSA) is 15.3 Å². The highest BCUT2D eigenvalue weighted by atomic mass is 35.5.